The number of rotatable bonds is 6. The minimum absolute atomic E-state index is 0.219. The summed E-state index contributed by atoms with van der Waals surface area (Å²) in [5, 5.41) is 0. The second-order valence-corrected chi connectivity index (χ2v) is 14.5. The maximum atomic E-state index is 13.9. The van der Waals surface area contributed by atoms with Crippen molar-refractivity contribution in [1.82, 2.24) is 8.61 Å². The predicted molar refractivity (Wildman–Crippen MR) is 144 cm³/mol. The molecule has 0 saturated carbocycles. The van der Waals surface area contributed by atoms with Gasteiger partial charge in [-0.05, 0) is 53.8 Å². The van der Waals surface area contributed by atoms with Crippen LogP contribution in [0.25, 0.3) is 0 Å². The molecule has 0 N–H and O–H groups in total. The average molecular weight is 555 g/mol. The Balaban J connectivity index is 1.99. The molecule has 4 rings (SSSR count). The fourth-order valence-electron chi connectivity index (χ4n) is 4.54. The summed E-state index contributed by atoms with van der Waals surface area (Å²) in [6.45, 7) is 6.65. The van der Waals surface area contributed by atoms with Crippen molar-refractivity contribution in [3.8, 4) is 0 Å². The van der Waals surface area contributed by atoms with Crippen molar-refractivity contribution in [2.45, 2.75) is 48.3 Å². The smallest absolute Gasteiger partial charge is 0.260 e. The largest absolute Gasteiger partial charge is 0.281 e. The van der Waals surface area contributed by atoms with Crippen molar-refractivity contribution in [3.05, 3.63) is 95.6 Å². The van der Waals surface area contributed by atoms with E-state index in [9.17, 15) is 26.4 Å². The monoisotopic (exact) mass is 554 g/mol. The van der Waals surface area contributed by atoms with Crippen LogP contribution in [0, 0.1) is 0 Å². The van der Waals surface area contributed by atoms with E-state index in [1.165, 1.54) is 62.5 Å². The van der Waals surface area contributed by atoms with Gasteiger partial charge >= 0.3 is 0 Å². The Labute approximate surface area is 224 Å². The molecule has 0 bridgehead atoms. The van der Waals surface area contributed by atoms with Gasteiger partial charge in [-0.15, -0.1) is 0 Å². The maximum Gasteiger partial charge on any atom is 0.260 e. The Morgan fingerprint density at radius 3 is 1.71 bits per heavy atom. The maximum absolute atomic E-state index is 13.9. The fraction of sp³-hybridized carbons (Fsp3) is 0.286. The molecule has 1 aliphatic heterocycles. The minimum atomic E-state index is -4.65. The van der Waals surface area contributed by atoms with Gasteiger partial charge in [0.15, 0.2) is 0 Å². The predicted octanol–water partition coefficient (Wildman–Crippen LogP) is 3.93. The number of amides is 2. The van der Waals surface area contributed by atoms with Crippen molar-refractivity contribution < 1.29 is 26.4 Å². The van der Waals surface area contributed by atoms with Gasteiger partial charge in [0.1, 0.15) is 0 Å². The molecule has 8 nitrogen and oxygen atoms in total. The molecule has 1 atom stereocenters. The van der Waals surface area contributed by atoms with Gasteiger partial charge in [0.2, 0.25) is 5.91 Å². The summed E-state index contributed by atoms with van der Waals surface area (Å²) in [4.78, 5) is 27.2. The molecule has 0 aliphatic carbocycles. The summed E-state index contributed by atoms with van der Waals surface area (Å²) in [5.74, 6) is -1.23. The second kappa shape index (κ2) is 9.44. The molecule has 1 unspecified atom stereocenters. The zero-order chi connectivity index (χ0) is 28.1. The highest BCUT2D eigenvalue weighted by atomic mass is 32.3. The highest BCUT2D eigenvalue weighted by Gasteiger charge is 2.51. The number of hydrogen-bond acceptors (Lipinski definition) is 6. The molecule has 200 valence electrons. The molecule has 0 saturated heterocycles. The SMILES string of the molecule is CN1C(=O)c2ccc(C(C)(C)C)cc2C(C)(CN(S(=O)(=O)c2ccccc2)S(=O)(=O)c2ccccc2)C1=O. The van der Waals surface area contributed by atoms with Crippen LogP contribution in [0.5, 0.6) is 0 Å². The van der Waals surface area contributed by atoms with Crippen LogP contribution in [0.3, 0.4) is 0 Å². The molecule has 10 heteroatoms. The van der Waals surface area contributed by atoms with Crippen LogP contribution in [0.2, 0.25) is 0 Å². The quantitative estimate of drug-likeness (QED) is 0.427. The van der Waals surface area contributed by atoms with Crippen LogP contribution in [0.4, 0.5) is 0 Å². The van der Waals surface area contributed by atoms with E-state index in [0.717, 1.165) is 10.5 Å². The van der Waals surface area contributed by atoms with E-state index >= 15 is 0 Å². The van der Waals surface area contributed by atoms with Crippen LogP contribution in [-0.4, -0.2) is 50.9 Å². The van der Waals surface area contributed by atoms with Gasteiger partial charge in [-0.2, -0.15) is 0 Å². The fourth-order valence-corrected chi connectivity index (χ4v) is 8.42. The molecule has 0 fully saturated rings. The van der Waals surface area contributed by atoms with Crippen LogP contribution < -0.4 is 0 Å². The van der Waals surface area contributed by atoms with Crippen LogP contribution in [0.15, 0.2) is 88.7 Å². The lowest BCUT2D eigenvalue weighted by Gasteiger charge is -2.41. The first kappa shape index (κ1) is 27.7. The van der Waals surface area contributed by atoms with Gasteiger partial charge in [0.25, 0.3) is 26.0 Å². The van der Waals surface area contributed by atoms with Gasteiger partial charge in [0.05, 0.1) is 15.2 Å². The number of benzene rings is 3. The first-order valence-corrected chi connectivity index (χ1v) is 14.9. The summed E-state index contributed by atoms with van der Waals surface area (Å²) < 4.78 is 56.0. The molecule has 0 aromatic heterocycles. The Kier molecular flexibility index (Phi) is 6.88. The van der Waals surface area contributed by atoms with E-state index in [2.05, 4.69) is 0 Å². The first-order valence-electron chi connectivity index (χ1n) is 12.0. The molecule has 0 spiro atoms. The summed E-state index contributed by atoms with van der Waals surface area (Å²) in [6, 6.07) is 19.5. The number of fused-ring (bicyclic) bond motifs is 1. The van der Waals surface area contributed by atoms with Gasteiger partial charge < -0.3 is 0 Å². The van der Waals surface area contributed by atoms with Gasteiger partial charge in [-0.25, -0.2) is 16.8 Å². The number of carbonyl (C=O) groups excluding carboxylic acids is 2. The Bertz CT molecular complexity index is 1540. The molecular formula is C28H30N2O6S2. The minimum Gasteiger partial charge on any atom is -0.281 e. The normalized spacial score (nSPS) is 18.5. The number of hydrogen-bond donors (Lipinski definition) is 0. The van der Waals surface area contributed by atoms with E-state index in [1.807, 2.05) is 20.8 Å². The van der Waals surface area contributed by atoms with Crippen molar-refractivity contribution in [2.24, 2.45) is 0 Å². The van der Waals surface area contributed by atoms with Gasteiger partial charge in [-0.1, -0.05) is 73.0 Å². The topological polar surface area (TPSA) is 109 Å². The van der Waals surface area contributed by atoms with Crippen molar-refractivity contribution in [3.63, 3.8) is 0 Å². The summed E-state index contributed by atoms with van der Waals surface area (Å²) in [7, 11) is -7.99. The van der Waals surface area contributed by atoms with Crippen molar-refractivity contribution in [2.75, 3.05) is 13.6 Å². The van der Waals surface area contributed by atoms with E-state index in [4.69, 9.17) is 0 Å². The zero-order valence-corrected chi connectivity index (χ0v) is 23.5. The number of imide groups is 1. The van der Waals surface area contributed by atoms with E-state index in [1.54, 1.807) is 30.3 Å². The molecule has 2 amide bonds. The Morgan fingerprint density at radius 1 is 0.789 bits per heavy atom. The molecular weight excluding hydrogens is 524 g/mol. The van der Waals surface area contributed by atoms with Gasteiger partial charge in [-0.3, -0.25) is 14.5 Å². The van der Waals surface area contributed by atoms with Crippen LogP contribution >= 0.6 is 0 Å². The summed E-state index contributed by atoms with van der Waals surface area (Å²) in [6.07, 6.45) is 0. The number of nitrogens with zero attached hydrogens (tertiary/aromatic N) is 2. The second-order valence-electron chi connectivity index (χ2n) is 10.6. The number of carbonyl (C=O) groups is 2. The zero-order valence-electron chi connectivity index (χ0n) is 21.9. The molecule has 1 aliphatic rings. The van der Waals surface area contributed by atoms with Crippen LogP contribution in [0.1, 0.15) is 49.2 Å². The summed E-state index contributed by atoms with van der Waals surface area (Å²) >= 11 is 0. The third kappa shape index (κ3) is 4.57. The average Bonchev–Trinajstić information content (AvgIpc) is 2.89. The van der Waals surface area contributed by atoms with Crippen molar-refractivity contribution >= 4 is 31.9 Å². The third-order valence-electron chi connectivity index (χ3n) is 6.86. The van der Waals surface area contributed by atoms with E-state index < -0.39 is 43.8 Å². The highest BCUT2D eigenvalue weighted by molar-refractivity contribution is 8.04. The van der Waals surface area contributed by atoms with Gasteiger partial charge in [0, 0.05) is 19.2 Å². The highest BCUT2D eigenvalue weighted by Crippen LogP contribution is 2.40. The molecule has 1 heterocycles. The lowest BCUT2D eigenvalue weighted by atomic mass is 9.73. The van der Waals surface area contributed by atoms with Crippen molar-refractivity contribution in [1.29, 1.82) is 0 Å². The molecule has 3 aromatic rings. The number of likely N-dealkylation sites (N-methyl/N-ethyl adjacent to an activating group) is 1. The van der Waals surface area contributed by atoms with Crippen LogP contribution in [-0.2, 0) is 35.7 Å². The summed E-state index contributed by atoms with van der Waals surface area (Å²) in [5.41, 5.74) is -0.720. The lowest BCUT2D eigenvalue weighted by molar-refractivity contribution is -0.133. The molecule has 38 heavy (non-hydrogen) atoms. The molecule has 3 aromatic carbocycles. The first-order chi connectivity index (χ1) is 17.6. The lowest BCUT2D eigenvalue weighted by Crippen LogP contribution is -2.57. The standard InChI is InChI=1S/C28H30N2O6S2/c1-27(2,3)20-16-17-23-24(18-20)28(4,26(32)29(5)25(23)31)19-30(37(33,34)21-12-8-6-9-13-21)38(35,36)22-14-10-7-11-15-22/h6-18H,19H2,1-5H3. The van der Waals surface area contributed by atoms with E-state index in [-0.39, 0.29) is 26.3 Å². The number of sulfonamides is 2. The molecule has 0 radical (unpaired) electrons. The Hall–Kier alpha value is -3.34. The Morgan fingerprint density at radius 2 is 1.26 bits per heavy atom. The third-order valence-corrected chi connectivity index (χ3v) is 11.1. The van der Waals surface area contributed by atoms with E-state index in [0.29, 0.717) is 3.71 Å².